The molecule has 0 saturated carbocycles. The Labute approximate surface area is 201 Å². The topological polar surface area (TPSA) is 42.0 Å². The highest BCUT2D eigenvalue weighted by Crippen LogP contribution is 2.35. The predicted octanol–water partition coefficient (Wildman–Crippen LogP) is 8.12. The maximum absolute atomic E-state index is 13.3. The van der Waals surface area contributed by atoms with Crippen LogP contribution in [0, 0.1) is 0 Å². The number of nitrogens with one attached hydrogen (secondary N) is 1. The number of nitrogens with zero attached hydrogens (tertiary/aromatic N) is 1. The minimum atomic E-state index is -4.48. The van der Waals surface area contributed by atoms with Crippen LogP contribution < -0.4 is 5.32 Å². The number of benzene rings is 3. The van der Waals surface area contributed by atoms with Crippen molar-refractivity contribution in [3.05, 3.63) is 88.4 Å². The van der Waals surface area contributed by atoms with Gasteiger partial charge in [0, 0.05) is 33.3 Å². The Kier molecular flexibility index (Phi) is 6.78. The summed E-state index contributed by atoms with van der Waals surface area (Å²) in [5.41, 5.74) is 1.40. The number of thiazole rings is 1. The molecule has 0 radical (unpaired) electrons. The first kappa shape index (κ1) is 23.4. The Morgan fingerprint density at radius 1 is 1.06 bits per heavy atom. The first-order valence-electron chi connectivity index (χ1n) is 9.62. The van der Waals surface area contributed by atoms with Crippen molar-refractivity contribution in [2.45, 2.75) is 11.1 Å². The fraction of sp³-hybridized carbons (Fsp3) is 0.0833. The zero-order valence-corrected chi connectivity index (χ0v) is 19.5. The number of carbonyl (C=O) groups is 1. The highest BCUT2D eigenvalue weighted by atomic mass is 35.5. The maximum atomic E-state index is 13.3. The van der Waals surface area contributed by atoms with Crippen molar-refractivity contribution in [1.82, 2.24) is 4.98 Å². The lowest BCUT2D eigenvalue weighted by atomic mass is 9.97. The zero-order chi connectivity index (χ0) is 23.6. The minimum absolute atomic E-state index is 0.262. The summed E-state index contributed by atoms with van der Waals surface area (Å²) in [4.78, 5) is 18.3. The lowest BCUT2D eigenvalue weighted by Gasteiger charge is -2.14. The molecule has 0 aliphatic carbocycles. The standard InChI is InChI=1S/C24H16ClF3N2OS2/c1-32-17-6-7-18(19(13-17)14-3-2-4-15(11-14)24(26,27)28)22(31)30-16-5-8-21(25)20(12-16)23-29-9-10-33-23/h2-13H,1H3,(H,30,31). The van der Waals surface area contributed by atoms with Crippen molar-refractivity contribution in [2.24, 2.45) is 0 Å². The molecule has 4 aromatic rings. The summed E-state index contributed by atoms with van der Waals surface area (Å²) in [6, 6.07) is 15.1. The Bertz CT molecular complexity index is 1310. The van der Waals surface area contributed by atoms with E-state index in [1.54, 1.807) is 48.7 Å². The van der Waals surface area contributed by atoms with Crippen LogP contribution in [0.4, 0.5) is 18.9 Å². The Hall–Kier alpha value is -2.81. The molecule has 1 amide bonds. The molecule has 9 heteroatoms. The van der Waals surface area contributed by atoms with E-state index < -0.39 is 17.6 Å². The second-order valence-corrected chi connectivity index (χ2v) is 9.16. The molecule has 4 rings (SSSR count). The summed E-state index contributed by atoms with van der Waals surface area (Å²) in [5.74, 6) is -0.442. The van der Waals surface area contributed by atoms with E-state index in [0.29, 0.717) is 32.4 Å². The number of aromatic nitrogens is 1. The largest absolute Gasteiger partial charge is 0.416 e. The van der Waals surface area contributed by atoms with Gasteiger partial charge in [0.1, 0.15) is 5.01 Å². The molecular weight excluding hydrogens is 489 g/mol. The maximum Gasteiger partial charge on any atom is 0.416 e. The monoisotopic (exact) mass is 504 g/mol. The molecule has 0 spiro atoms. The highest BCUT2D eigenvalue weighted by molar-refractivity contribution is 7.98. The second-order valence-electron chi connectivity index (χ2n) is 6.98. The van der Waals surface area contributed by atoms with E-state index in [4.69, 9.17) is 11.6 Å². The molecule has 0 atom stereocenters. The molecule has 0 unspecified atom stereocenters. The van der Waals surface area contributed by atoms with Crippen molar-refractivity contribution in [3.63, 3.8) is 0 Å². The molecule has 3 nitrogen and oxygen atoms in total. The third-order valence-electron chi connectivity index (χ3n) is 4.86. The predicted molar refractivity (Wildman–Crippen MR) is 129 cm³/mol. The zero-order valence-electron chi connectivity index (χ0n) is 17.1. The van der Waals surface area contributed by atoms with Crippen molar-refractivity contribution >= 4 is 46.3 Å². The molecule has 168 valence electrons. The molecule has 33 heavy (non-hydrogen) atoms. The molecule has 1 aromatic heterocycles. The summed E-state index contributed by atoms with van der Waals surface area (Å²) in [6.45, 7) is 0. The molecule has 3 aromatic carbocycles. The Morgan fingerprint density at radius 2 is 1.88 bits per heavy atom. The van der Waals surface area contributed by atoms with Gasteiger partial charge in [-0.15, -0.1) is 23.1 Å². The SMILES string of the molecule is CSc1ccc(C(=O)Nc2ccc(Cl)c(-c3nccs3)c2)c(-c2cccc(C(F)(F)F)c2)c1. The summed E-state index contributed by atoms with van der Waals surface area (Å²) in [6.07, 6.45) is -0.958. The normalized spacial score (nSPS) is 11.4. The van der Waals surface area contributed by atoms with Crippen LogP contribution in [0.2, 0.25) is 5.02 Å². The van der Waals surface area contributed by atoms with Crippen LogP contribution in [-0.2, 0) is 6.18 Å². The van der Waals surface area contributed by atoms with Crippen LogP contribution in [-0.4, -0.2) is 17.1 Å². The lowest BCUT2D eigenvalue weighted by molar-refractivity contribution is -0.137. The molecule has 1 heterocycles. The van der Waals surface area contributed by atoms with Crippen LogP contribution in [0.5, 0.6) is 0 Å². The number of rotatable bonds is 5. The van der Waals surface area contributed by atoms with Crippen molar-refractivity contribution in [2.75, 3.05) is 11.6 Å². The number of thioether (sulfide) groups is 1. The lowest BCUT2D eigenvalue weighted by Crippen LogP contribution is -2.13. The van der Waals surface area contributed by atoms with Gasteiger partial charge >= 0.3 is 6.18 Å². The summed E-state index contributed by atoms with van der Waals surface area (Å²) < 4.78 is 39.8. The van der Waals surface area contributed by atoms with E-state index in [2.05, 4.69) is 10.3 Å². The van der Waals surface area contributed by atoms with Crippen LogP contribution in [0.1, 0.15) is 15.9 Å². The molecule has 0 fully saturated rings. The van der Waals surface area contributed by atoms with E-state index in [1.807, 2.05) is 11.6 Å². The number of halogens is 4. The van der Waals surface area contributed by atoms with Crippen molar-refractivity contribution < 1.29 is 18.0 Å². The summed E-state index contributed by atoms with van der Waals surface area (Å²) in [5, 5.41) is 5.87. The number of carbonyl (C=O) groups excluding carboxylic acids is 1. The fourth-order valence-corrected chi connectivity index (χ4v) is 4.64. The number of amides is 1. The van der Waals surface area contributed by atoms with Gasteiger partial charge in [-0.3, -0.25) is 4.79 Å². The van der Waals surface area contributed by atoms with Crippen LogP contribution in [0.25, 0.3) is 21.7 Å². The number of hydrogen-bond acceptors (Lipinski definition) is 4. The Balaban J connectivity index is 1.72. The van der Waals surface area contributed by atoms with Gasteiger partial charge in [0.25, 0.3) is 5.91 Å². The van der Waals surface area contributed by atoms with E-state index in [9.17, 15) is 18.0 Å². The van der Waals surface area contributed by atoms with Gasteiger partial charge in [-0.1, -0.05) is 23.7 Å². The van der Waals surface area contributed by atoms with E-state index >= 15 is 0 Å². The van der Waals surface area contributed by atoms with Crippen molar-refractivity contribution in [3.8, 4) is 21.7 Å². The number of alkyl halides is 3. The first-order chi connectivity index (χ1) is 15.8. The molecule has 0 bridgehead atoms. The third kappa shape index (κ3) is 5.24. The van der Waals surface area contributed by atoms with E-state index in [-0.39, 0.29) is 5.56 Å². The first-order valence-corrected chi connectivity index (χ1v) is 12.1. The van der Waals surface area contributed by atoms with Crippen LogP contribution >= 0.6 is 34.7 Å². The molecule has 0 aliphatic rings. The van der Waals surface area contributed by atoms with Crippen LogP contribution in [0.3, 0.4) is 0 Å². The smallest absolute Gasteiger partial charge is 0.322 e. The van der Waals surface area contributed by atoms with Gasteiger partial charge in [-0.25, -0.2) is 4.98 Å². The van der Waals surface area contributed by atoms with Gasteiger partial charge in [-0.2, -0.15) is 13.2 Å². The van der Waals surface area contributed by atoms with Gasteiger partial charge in [0.2, 0.25) is 0 Å². The molecule has 1 N–H and O–H groups in total. The Morgan fingerprint density at radius 3 is 2.58 bits per heavy atom. The third-order valence-corrected chi connectivity index (χ3v) is 6.72. The van der Waals surface area contributed by atoms with E-state index in [1.165, 1.54) is 29.2 Å². The van der Waals surface area contributed by atoms with Gasteiger partial charge < -0.3 is 5.32 Å². The fourth-order valence-electron chi connectivity index (χ4n) is 3.27. The van der Waals surface area contributed by atoms with Gasteiger partial charge in [0.05, 0.1) is 10.6 Å². The average Bonchev–Trinajstić information content (AvgIpc) is 3.34. The van der Waals surface area contributed by atoms with Gasteiger partial charge in [-0.05, 0) is 65.9 Å². The van der Waals surface area contributed by atoms with E-state index in [0.717, 1.165) is 17.0 Å². The second kappa shape index (κ2) is 9.59. The molecular formula is C24H16ClF3N2OS2. The molecule has 0 saturated heterocycles. The minimum Gasteiger partial charge on any atom is -0.322 e. The number of hydrogen-bond donors (Lipinski definition) is 1. The van der Waals surface area contributed by atoms with Crippen molar-refractivity contribution in [1.29, 1.82) is 0 Å². The highest BCUT2D eigenvalue weighted by Gasteiger charge is 2.30. The average molecular weight is 505 g/mol. The molecule has 0 aliphatic heterocycles. The number of anilines is 1. The quantitative estimate of drug-likeness (QED) is 0.279. The summed E-state index contributed by atoms with van der Waals surface area (Å²) >= 11 is 9.15. The van der Waals surface area contributed by atoms with Gasteiger partial charge in [0.15, 0.2) is 0 Å². The summed E-state index contributed by atoms with van der Waals surface area (Å²) in [7, 11) is 0. The van der Waals surface area contributed by atoms with Crippen LogP contribution in [0.15, 0.2) is 77.1 Å².